The van der Waals surface area contributed by atoms with E-state index in [0.717, 1.165) is 0 Å². The number of unbranched alkanes of at least 4 members (excludes halogenated alkanes) is 7. The Morgan fingerprint density at radius 3 is 1.72 bits per heavy atom. The summed E-state index contributed by atoms with van der Waals surface area (Å²) < 4.78 is 0. The van der Waals surface area contributed by atoms with Crippen LogP contribution >= 0.6 is 0 Å². The van der Waals surface area contributed by atoms with Gasteiger partial charge in [-0.25, -0.2) is 0 Å². The molecule has 0 aromatic heterocycles. The van der Waals surface area contributed by atoms with Gasteiger partial charge in [0.1, 0.15) is 0 Å². The van der Waals surface area contributed by atoms with Gasteiger partial charge in [-0.15, -0.1) is 0 Å². The van der Waals surface area contributed by atoms with Gasteiger partial charge in [0.25, 0.3) is 0 Å². The summed E-state index contributed by atoms with van der Waals surface area (Å²) in [5, 5.41) is 10.8. The second-order valence-corrected chi connectivity index (χ2v) is 9.42. The predicted octanol–water partition coefficient (Wildman–Crippen LogP) is 9.98. The highest BCUT2D eigenvalue weighted by molar-refractivity contribution is 6.15. The van der Waals surface area contributed by atoms with E-state index in [1.54, 1.807) is 0 Å². The fourth-order valence-corrected chi connectivity index (χ4v) is 5.25. The number of benzene rings is 5. The van der Waals surface area contributed by atoms with Crippen LogP contribution in [-0.2, 0) is 6.42 Å². The van der Waals surface area contributed by atoms with E-state index in [2.05, 4.69) is 85.8 Å². The maximum Gasteiger partial charge on any atom is -0.00988 e. The van der Waals surface area contributed by atoms with E-state index in [4.69, 9.17) is 0 Å². The SMILES string of the molecule is CCCCCCCCCCc1cccc2cc3c(ccc4cc5ccccc5cc43)cc12. The normalized spacial score (nSPS) is 11.8. The maximum absolute atomic E-state index is 2.43. The maximum atomic E-state index is 2.43. The molecule has 0 saturated carbocycles. The van der Waals surface area contributed by atoms with Crippen LogP contribution in [0.3, 0.4) is 0 Å². The molecule has 0 aliphatic carbocycles. The monoisotopic (exact) mass is 418 g/mol. The van der Waals surface area contributed by atoms with Crippen molar-refractivity contribution in [2.45, 2.75) is 64.7 Å². The molecule has 0 bridgehead atoms. The van der Waals surface area contributed by atoms with Crippen LogP contribution in [0, 0.1) is 0 Å². The van der Waals surface area contributed by atoms with Crippen molar-refractivity contribution in [1.29, 1.82) is 0 Å². The van der Waals surface area contributed by atoms with Crippen molar-refractivity contribution in [2.75, 3.05) is 0 Å². The topological polar surface area (TPSA) is 0 Å². The number of hydrogen-bond acceptors (Lipinski definition) is 0. The number of fused-ring (bicyclic) bond motifs is 5. The fraction of sp³-hybridized carbons (Fsp3) is 0.312. The third-order valence-electron chi connectivity index (χ3n) is 7.09. The first-order chi connectivity index (χ1) is 15.8. The molecule has 5 rings (SSSR count). The van der Waals surface area contributed by atoms with Crippen LogP contribution in [0.5, 0.6) is 0 Å². The molecule has 162 valence electrons. The van der Waals surface area contributed by atoms with Gasteiger partial charge in [0.15, 0.2) is 0 Å². The molecule has 0 radical (unpaired) electrons. The van der Waals surface area contributed by atoms with Gasteiger partial charge in [0.05, 0.1) is 0 Å². The van der Waals surface area contributed by atoms with Crippen LogP contribution in [0.4, 0.5) is 0 Å². The molecule has 0 aliphatic rings. The highest BCUT2D eigenvalue weighted by atomic mass is 14.1. The van der Waals surface area contributed by atoms with E-state index in [-0.39, 0.29) is 0 Å². The Bertz CT molecular complexity index is 1360. The predicted molar refractivity (Wildman–Crippen MR) is 143 cm³/mol. The van der Waals surface area contributed by atoms with E-state index in [1.807, 2.05) is 0 Å². The van der Waals surface area contributed by atoms with Gasteiger partial charge in [-0.1, -0.05) is 106 Å². The summed E-state index contributed by atoms with van der Waals surface area (Å²) in [6.07, 6.45) is 12.2. The first-order valence-corrected chi connectivity index (χ1v) is 12.6. The molecule has 5 aromatic carbocycles. The number of hydrogen-bond donors (Lipinski definition) is 0. The standard InChI is InChI=1S/C32H34/c1-2-3-4-5-6-7-8-9-13-24-16-12-17-27-23-32-29(22-30(24)27)19-18-28-20-25-14-10-11-15-26(25)21-31(28)32/h10-12,14-23H,2-9,13H2,1H3. The fourth-order valence-electron chi connectivity index (χ4n) is 5.25. The molecular formula is C32H34. The van der Waals surface area contributed by atoms with Crippen LogP contribution in [0.1, 0.15) is 63.9 Å². The summed E-state index contributed by atoms with van der Waals surface area (Å²) in [6.45, 7) is 2.29. The highest BCUT2D eigenvalue weighted by Crippen LogP contribution is 2.33. The van der Waals surface area contributed by atoms with Crippen LogP contribution in [0.2, 0.25) is 0 Å². The van der Waals surface area contributed by atoms with Crippen molar-refractivity contribution in [3.63, 3.8) is 0 Å². The second-order valence-electron chi connectivity index (χ2n) is 9.42. The largest absolute Gasteiger partial charge is 0.0654 e. The minimum atomic E-state index is 1.19. The molecule has 0 fully saturated rings. The zero-order valence-electron chi connectivity index (χ0n) is 19.4. The molecule has 0 aliphatic heterocycles. The van der Waals surface area contributed by atoms with Gasteiger partial charge in [-0.2, -0.15) is 0 Å². The summed E-state index contributed by atoms with van der Waals surface area (Å²) in [7, 11) is 0. The average molecular weight is 419 g/mol. The van der Waals surface area contributed by atoms with Crippen molar-refractivity contribution in [1.82, 2.24) is 0 Å². The first kappa shape index (κ1) is 21.0. The highest BCUT2D eigenvalue weighted by Gasteiger charge is 2.07. The quantitative estimate of drug-likeness (QED) is 0.127. The second kappa shape index (κ2) is 9.74. The molecule has 0 atom stereocenters. The van der Waals surface area contributed by atoms with E-state index in [1.165, 1.54) is 106 Å². The Balaban J connectivity index is 1.41. The molecule has 0 saturated heterocycles. The van der Waals surface area contributed by atoms with Gasteiger partial charge in [0, 0.05) is 0 Å². The molecule has 0 amide bonds. The number of rotatable bonds is 9. The molecular weight excluding hydrogens is 384 g/mol. The molecule has 0 heterocycles. The minimum absolute atomic E-state index is 1.19. The minimum Gasteiger partial charge on any atom is -0.0654 e. The lowest BCUT2D eigenvalue weighted by Gasteiger charge is -2.11. The van der Waals surface area contributed by atoms with Gasteiger partial charge >= 0.3 is 0 Å². The molecule has 32 heavy (non-hydrogen) atoms. The summed E-state index contributed by atoms with van der Waals surface area (Å²) in [6, 6.07) is 29.7. The Hall–Kier alpha value is -2.86. The van der Waals surface area contributed by atoms with Crippen LogP contribution in [0.25, 0.3) is 43.1 Å². The lowest BCUT2D eigenvalue weighted by Crippen LogP contribution is -1.89. The van der Waals surface area contributed by atoms with E-state index >= 15 is 0 Å². The zero-order chi connectivity index (χ0) is 21.8. The molecule has 0 heteroatoms. The average Bonchev–Trinajstić information content (AvgIpc) is 2.83. The lowest BCUT2D eigenvalue weighted by atomic mass is 9.93. The molecule has 5 aromatic rings. The van der Waals surface area contributed by atoms with Crippen LogP contribution < -0.4 is 0 Å². The van der Waals surface area contributed by atoms with Gasteiger partial charge < -0.3 is 0 Å². The number of aryl methyl sites for hydroxylation is 1. The van der Waals surface area contributed by atoms with Crippen LogP contribution in [-0.4, -0.2) is 0 Å². The Kier molecular flexibility index (Phi) is 6.39. The molecule has 0 nitrogen and oxygen atoms in total. The van der Waals surface area contributed by atoms with Crippen molar-refractivity contribution in [3.8, 4) is 0 Å². The van der Waals surface area contributed by atoms with Crippen LogP contribution in [0.15, 0.2) is 78.9 Å². The van der Waals surface area contributed by atoms with Crippen molar-refractivity contribution in [3.05, 3.63) is 84.4 Å². The Morgan fingerprint density at radius 1 is 0.438 bits per heavy atom. The van der Waals surface area contributed by atoms with Gasteiger partial charge in [0.2, 0.25) is 0 Å². The van der Waals surface area contributed by atoms with E-state index in [0.29, 0.717) is 0 Å². The van der Waals surface area contributed by atoms with Gasteiger partial charge in [-0.05, 0) is 85.8 Å². The third kappa shape index (κ3) is 4.37. The zero-order valence-corrected chi connectivity index (χ0v) is 19.4. The van der Waals surface area contributed by atoms with E-state index in [9.17, 15) is 0 Å². The summed E-state index contributed by atoms with van der Waals surface area (Å²) in [5.41, 5.74) is 1.51. The Labute approximate surface area is 192 Å². The van der Waals surface area contributed by atoms with Crippen molar-refractivity contribution in [2.24, 2.45) is 0 Å². The first-order valence-electron chi connectivity index (χ1n) is 12.6. The smallest absolute Gasteiger partial charge is 0.00988 e. The molecule has 0 N–H and O–H groups in total. The molecule has 0 unspecified atom stereocenters. The third-order valence-corrected chi connectivity index (χ3v) is 7.09. The van der Waals surface area contributed by atoms with E-state index < -0.39 is 0 Å². The summed E-state index contributed by atoms with van der Waals surface area (Å²) in [4.78, 5) is 0. The molecule has 0 spiro atoms. The van der Waals surface area contributed by atoms with Gasteiger partial charge in [-0.3, -0.25) is 0 Å². The van der Waals surface area contributed by atoms with Crippen molar-refractivity contribution >= 4 is 43.1 Å². The van der Waals surface area contributed by atoms with Crippen molar-refractivity contribution < 1.29 is 0 Å². The lowest BCUT2D eigenvalue weighted by molar-refractivity contribution is 0.576. The Morgan fingerprint density at radius 2 is 0.969 bits per heavy atom. The summed E-state index contributed by atoms with van der Waals surface area (Å²) >= 11 is 0. The summed E-state index contributed by atoms with van der Waals surface area (Å²) in [5.74, 6) is 0.